The van der Waals surface area contributed by atoms with Crippen molar-refractivity contribution in [2.75, 3.05) is 13.2 Å². The van der Waals surface area contributed by atoms with Crippen molar-refractivity contribution in [2.45, 2.75) is 52.3 Å². The van der Waals surface area contributed by atoms with E-state index in [4.69, 9.17) is 15.2 Å². The molecule has 2 unspecified atom stereocenters. The normalized spacial score (nSPS) is 23.0. The van der Waals surface area contributed by atoms with Crippen LogP contribution in [0.25, 0.3) is 0 Å². The number of hydrogen-bond acceptors (Lipinski definition) is 7. The smallest absolute Gasteiger partial charge is 0.357 e. The molecule has 0 aliphatic heterocycles. The Morgan fingerprint density at radius 2 is 2.00 bits per heavy atom. The Balaban J connectivity index is 0.00000312. The van der Waals surface area contributed by atoms with Gasteiger partial charge < -0.3 is 20.5 Å². The molecule has 0 bridgehead atoms. The fourth-order valence-corrected chi connectivity index (χ4v) is 3.53. The zero-order valence-electron chi connectivity index (χ0n) is 15.4. The molecule has 1 aromatic heterocycles. The lowest BCUT2D eigenvalue weighted by atomic mass is 9.54. The van der Waals surface area contributed by atoms with Crippen LogP contribution in [0.1, 0.15) is 49.6 Å². The molecule has 0 spiro atoms. The molecule has 1 heterocycles. The zero-order chi connectivity index (χ0) is 18.0. The van der Waals surface area contributed by atoms with Gasteiger partial charge in [-0.25, -0.2) is 9.78 Å². The van der Waals surface area contributed by atoms with E-state index in [-0.39, 0.29) is 49.1 Å². The second-order valence-corrected chi connectivity index (χ2v) is 7.31. The van der Waals surface area contributed by atoms with E-state index in [1.165, 1.54) is 11.3 Å². The number of thiazole rings is 1. The first kappa shape index (κ1) is 25.1. The topological polar surface area (TPSA) is 104 Å². The maximum atomic E-state index is 12.5. The fourth-order valence-electron chi connectivity index (χ4n) is 2.83. The number of halogens is 2. The van der Waals surface area contributed by atoms with Crippen molar-refractivity contribution in [3.63, 3.8) is 0 Å². The molecule has 1 aliphatic rings. The third-order valence-electron chi connectivity index (χ3n) is 4.67. The van der Waals surface area contributed by atoms with Crippen molar-refractivity contribution in [2.24, 2.45) is 11.1 Å². The van der Waals surface area contributed by atoms with Gasteiger partial charge in [-0.1, -0.05) is 13.8 Å². The number of hydrogen-bond donors (Lipinski definition) is 2. The number of nitrogens with zero attached hydrogens (tertiary/aromatic N) is 1. The van der Waals surface area contributed by atoms with Gasteiger partial charge in [-0.15, -0.1) is 36.2 Å². The molecule has 3 N–H and O–H groups in total. The van der Waals surface area contributed by atoms with E-state index < -0.39 is 16.9 Å². The van der Waals surface area contributed by atoms with Gasteiger partial charge in [-0.3, -0.25) is 4.79 Å². The highest BCUT2D eigenvalue weighted by atomic mass is 35.5. The summed E-state index contributed by atoms with van der Waals surface area (Å²) in [6.45, 7) is 8.68. The first-order chi connectivity index (χ1) is 11.3. The second-order valence-electron chi connectivity index (χ2n) is 6.37. The number of rotatable bonds is 7. The van der Waals surface area contributed by atoms with E-state index in [0.717, 1.165) is 0 Å². The Morgan fingerprint density at radius 3 is 2.54 bits per heavy atom. The van der Waals surface area contributed by atoms with Crippen LogP contribution in [0.2, 0.25) is 0 Å². The van der Waals surface area contributed by atoms with E-state index in [1.807, 2.05) is 20.8 Å². The minimum Gasteiger partial charge on any atom is -0.461 e. The molecule has 0 aromatic carbocycles. The monoisotopic (exact) mass is 427 g/mol. The molecule has 26 heavy (non-hydrogen) atoms. The first-order valence-corrected chi connectivity index (χ1v) is 8.94. The summed E-state index contributed by atoms with van der Waals surface area (Å²) < 4.78 is 10.5. The van der Waals surface area contributed by atoms with Crippen LogP contribution in [-0.2, 0) is 20.8 Å². The van der Waals surface area contributed by atoms with Crippen molar-refractivity contribution >= 4 is 48.0 Å². The van der Waals surface area contributed by atoms with Crippen LogP contribution in [0.15, 0.2) is 5.38 Å². The van der Waals surface area contributed by atoms with Gasteiger partial charge in [0.1, 0.15) is 10.5 Å². The summed E-state index contributed by atoms with van der Waals surface area (Å²) in [6.07, 6.45) is 0.472. The van der Waals surface area contributed by atoms with Crippen LogP contribution in [-0.4, -0.2) is 41.7 Å². The summed E-state index contributed by atoms with van der Waals surface area (Å²) in [6, 6.07) is 0. The number of aromatic nitrogens is 1. The molecule has 1 aliphatic carbocycles. The summed E-state index contributed by atoms with van der Waals surface area (Å²) in [5.74, 6) is -0.683. The third kappa shape index (κ3) is 4.67. The Labute approximate surface area is 170 Å². The molecule has 1 aromatic rings. The number of carbonyl (C=O) groups is 2. The lowest BCUT2D eigenvalue weighted by molar-refractivity contribution is -0.170. The van der Waals surface area contributed by atoms with E-state index in [1.54, 1.807) is 12.3 Å². The van der Waals surface area contributed by atoms with E-state index in [9.17, 15) is 9.59 Å². The van der Waals surface area contributed by atoms with Gasteiger partial charge in [-0.2, -0.15) is 0 Å². The number of ether oxygens (including phenoxy) is 2. The Bertz CT molecular complexity index is 626. The number of carbonyl (C=O) groups excluding carboxylic acids is 2. The predicted octanol–water partition coefficient (Wildman–Crippen LogP) is 2.31. The van der Waals surface area contributed by atoms with Crippen molar-refractivity contribution in [3.05, 3.63) is 16.1 Å². The number of nitrogens with one attached hydrogen (secondary N) is 1. The van der Waals surface area contributed by atoms with Crippen LogP contribution in [0.3, 0.4) is 0 Å². The van der Waals surface area contributed by atoms with Crippen molar-refractivity contribution in [1.29, 1.82) is 0 Å². The van der Waals surface area contributed by atoms with Gasteiger partial charge in [0.05, 0.1) is 19.3 Å². The second kappa shape index (κ2) is 9.85. The Hall–Kier alpha value is -0.930. The highest BCUT2D eigenvalue weighted by Gasteiger charge is 2.62. The van der Waals surface area contributed by atoms with E-state index in [0.29, 0.717) is 24.6 Å². The Kier molecular flexibility index (Phi) is 9.49. The summed E-state index contributed by atoms with van der Waals surface area (Å²) in [5.41, 5.74) is 5.17. The SMILES string of the molecule is CCOC(=O)c1csc(CNC(=O)C2(N)CC(OCC)C2(C)C)n1.Cl.Cl. The van der Waals surface area contributed by atoms with Crippen molar-refractivity contribution in [3.8, 4) is 0 Å². The molecular weight excluding hydrogens is 401 g/mol. The highest BCUT2D eigenvalue weighted by molar-refractivity contribution is 7.09. The average Bonchev–Trinajstić information content (AvgIpc) is 3.01. The molecule has 1 saturated carbocycles. The molecule has 10 heteroatoms. The molecule has 150 valence electrons. The molecule has 1 fully saturated rings. The van der Waals surface area contributed by atoms with Crippen LogP contribution in [0.4, 0.5) is 0 Å². The molecule has 0 radical (unpaired) electrons. The van der Waals surface area contributed by atoms with Crippen molar-refractivity contribution in [1.82, 2.24) is 10.3 Å². The fraction of sp³-hybridized carbons (Fsp3) is 0.688. The molecule has 1 amide bonds. The van der Waals surface area contributed by atoms with Crippen LogP contribution in [0, 0.1) is 5.41 Å². The predicted molar refractivity (Wildman–Crippen MR) is 105 cm³/mol. The quantitative estimate of drug-likeness (QED) is 0.646. The van der Waals surface area contributed by atoms with Gasteiger partial charge >= 0.3 is 5.97 Å². The molecule has 2 rings (SSSR count). The minimum atomic E-state index is -0.964. The van der Waals surface area contributed by atoms with Crippen molar-refractivity contribution < 1.29 is 19.1 Å². The van der Waals surface area contributed by atoms with Gasteiger partial charge in [0.2, 0.25) is 5.91 Å². The van der Waals surface area contributed by atoms with E-state index in [2.05, 4.69) is 10.3 Å². The summed E-state index contributed by atoms with van der Waals surface area (Å²) >= 11 is 1.30. The lowest BCUT2D eigenvalue weighted by Crippen LogP contribution is -2.75. The molecule has 0 saturated heterocycles. The molecule has 7 nitrogen and oxygen atoms in total. The van der Waals surface area contributed by atoms with Gasteiger partial charge in [0.25, 0.3) is 0 Å². The minimum absolute atomic E-state index is 0. The van der Waals surface area contributed by atoms with Crippen LogP contribution >= 0.6 is 36.2 Å². The highest BCUT2D eigenvalue weighted by Crippen LogP contribution is 2.49. The Morgan fingerprint density at radius 1 is 1.35 bits per heavy atom. The largest absolute Gasteiger partial charge is 0.461 e. The maximum absolute atomic E-state index is 12.5. The number of amides is 1. The van der Waals surface area contributed by atoms with E-state index >= 15 is 0 Å². The van der Waals surface area contributed by atoms with Gasteiger partial charge in [0, 0.05) is 23.8 Å². The maximum Gasteiger partial charge on any atom is 0.357 e. The first-order valence-electron chi connectivity index (χ1n) is 8.06. The number of nitrogens with two attached hydrogens (primary N) is 1. The van der Waals surface area contributed by atoms with Gasteiger partial charge in [-0.05, 0) is 13.8 Å². The standard InChI is InChI=1S/C16H25N3O4S.2ClH/c1-5-22-11-7-16(17,15(11,3)4)14(21)18-8-12-19-10(9-24-12)13(20)23-6-2;;/h9,11H,5-8,17H2,1-4H3,(H,18,21);2*1H. The summed E-state index contributed by atoms with van der Waals surface area (Å²) in [4.78, 5) is 28.3. The number of esters is 1. The molecule has 2 atom stereocenters. The van der Waals surface area contributed by atoms with Crippen LogP contribution < -0.4 is 11.1 Å². The summed E-state index contributed by atoms with van der Waals surface area (Å²) in [7, 11) is 0. The average molecular weight is 428 g/mol. The molecular formula is C16H27Cl2N3O4S. The lowest BCUT2D eigenvalue weighted by Gasteiger charge is -2.57. The third-order valence-corrected chi connectivity index (χ3v) is 5.52. The van der Waals surface area contributed by atoms with Crippen LogP contribution in [0.5, 0.6) is 0 Å². The summed E-state index contributed by atoms with van der Waals surface area (Å²) in [5, 5.41) is 5.07. The van der Waals surface area contributed by atoms with Gasteiger partial charge in [0.15, 0.2) is 5.69 Å². The zero-order valence-corrected chi connectivity index (χ0v) is 17.8.